The molecule has 100 valence electrons. The summed E-state index contributed by atoms with van der Waals surface area (Å²) in [4.78, 5) is 13.4. The van der Waals surface area contributed by atoms with Crippen LogP contribution in [0, 0.1) is 0 Å². The summed E-state index contributed by atoms with van der Waals surface area (Å²) in [5, 5.41) is 0. The van der Waals surface area contributed by atoms with E-state index in [0.29, 0.717) is 18.5 Å². The molecule has 2 nitrogen and oxygen atoms in total. The number of nitrogens with zero attached hydrogens (tertiary/aromatic N) is 1. The number of ketones is 1. The van der Waals surface area contributed by atoms with E-state index in [1.165, 1.54) is 12.1 Å². The first kappa shape index (κ1) is 14.7. The lowest BCUT2D eigenvalue weighted by Gasteiger charge is -2.09. The van der Waals surface area contributed by atoms with E-state index in [-0.39, 0.29) is 12.2 Å². The normalized spacial score (nSPS) is 11.9. The van der Waals surface area contributed by atoms with Gasteiger partial charge in [0.05, 0.1) is 5.56 Å². The molecule has 0 fully saturated rings. The fraction of sp³-hybridized carbons (Fsp3) is 0.462. The number of alkyl halides is 3. The van der Waals surface area contributed by atoms with Crippen molar-refractivity contribution in [3.63, 3.8) is 0 Å². The molecule has 0 amide bonds. The molecule has 0 spiro atoms. The molecule has 0 aliphatic carbocycles. The van der Waals surface area contributed by atoms with E-state index in [0.717, 1.165) is 12.1 Å². The molecule has 0 heterocycles. The molecule has 0 saturated heterocycles. The number of hydrogen-bond donors (Lipinski definition) is 0. The molecule has 0 saturated carbocycles. The summed E-state index contributed by atoms with van der Waals surface area (Å²) in [6.45, 7) is 0.652. The third-order valence-electron chi connectivity index (χ3n) is 2.52. The lowest BCUT2D eigenvalue weighted by molar-refractivity contribution is -0.137. The third kappa shape index (κ3) is 4.87. The second kappa shape index (κ2) is 6.00. The van der Waals surface area contributed by atoms with Gasteiger partial charge in [-0.3, -0.25) is 4.79 Å². The monoisotopic (exact) mass is 259 g/mol. The van der Waals surface area contributed by atoms with E-state index in [4.69, 9.17) is 0 Å². The standard InChI is InChI=1S/C13H16F3NO/c1-17(2)8-7-12(18)9-10-3-5-11(6-4-10)13(14,15)16/h3-6H,7-9H2,1-2H3. The Bertz CT molecular complexity index is 396. The van der Waals surface area contributed by atoms with Gasteiger partial charge in [0, 0.05) is 19.4 Å². The van der Waals surface area contributed by atoms with Crippen molar-refractivity contribution < 1.29 is 18.0 Å². The van der Waals surface area contributed by atoms with Gasteiger partial charge in [0.25, 0.3) is 0 Å². The first-order valence-electron chi connectivity index (χ1n) is 5.61. The Kier molecular flexibility index (Phi) is 4.90. The van der Waals surface area contributed by atoms with Crippen molar-refractivity contribution in [2.24, 2.45) is 0 Å². The van der Waals surface area contributed by atoms with Crippen molar-refractivity contribution in [2.45, 2.75) is 19.0 Å². The first-order chi connectivity index (χ1) is 8.29. The Morgan fingerprint density at radius 3 is 2.17 bits per heavy atom. The first-order valence-corrected chi connectivity index (χ1v) is 5.61. The fourth-order valence-corrected chi connectivity index (χ4v) is 1.48. The number of Topliss-reactive ketones (excluding diaryl/α,β-unsaturated/α-hetero) is 1. The Morgan fingerprint density at radius 2 is 1.72 bits per heavy atom. The number of benzene rings is 1. The molecule has 1 aromatic rings. The number of halogens is 3. The minimum Gasteiger partial charge on any atom is -0.309 e. The molecule has 0 aliphatic heterocycles. The molecule has 0 radical (unpaired) electrons. The second-order valence-corrected chi connectivity index (χ2v) is 4.46. The van der Waals surface area contributed by atoms with Crippen LogP contribution in [0.25, 0.3) is 0 Å². The quantitative estimate of drug-likeness (QED) is 0.810. The highest BCUT2D eigenvalue weighted by atomic mass is 19.4. The molecule has 18 heavy (non-hydrogen) atoms. The number of carbonyl (C=O) groups excluding carboxylic acids is 1. The molecule has 0 aromatic heterocycles. The van der Waals surface area contributed by atoms with Crippen molar-refractivity contribution >= 4 is 5.78 Å². The fourth-order valence-electron chi connectivity index (χ4n) is 1.48. The van der Waals surface area contributed by atoms with Gasteiger partial charge in [-0.2, -0.15) is 13.2 Å². The van der Waals surface area contributed by atoms with Crippen LogP contribution in [-0.4, -0.2) is 31.3 Å². The van der Waals surface area contributed by atoms with Crippen molar-refractivity contribution in [3.05, 3.63) is 35.4 Å². The van der Waals surface area contributed by atoms with Crippen LogP contribution in [0.3, 0.4) is 0 Å². The molecular formula is C13H16F3NO. The predicted octanol–water partition coefficient (Wildman–Crippen LogP) is 2.77. The maximum Gasteiger partial charge on any atom is 0.416 e. The molecule has 1 aromatic carbocycles. The third-order valence-corrected chi connectivity index (χ3v) is 2.52. The molecule has 0 N–H and O–H groups in total. The van der Waals surface area contributed by atoms with Gasteiger partial charge in [-0.05, 0) is 31.8 Å². The summed E-state index contributed by atoms with van der Waals surface area (Å²) in [6, 6.07) is 4.73. The molecule has 0 aliphatic rings. The van der Waals surface area contributed by atoms with Crippen LogP contribution < -0.4 is 0 Å². The van der Waals surface area contributed by atoms with Crippen LogP contribution in [0.15, 0.2) is 24.3 Å². The summed E-state index contributed by atoms with van der Waals surface area (Å²) in [7, 11) is 3.73. The molecule has 5 heteroatoms. The number of carbonyl (C=O) groups is 1. The highest BCUT2D eigenvalue weighted by molar-refractivity contribution is 5.81. The van der Waals surface area contributed by atoms with Crippen LogP contribution in [-0.2, 0) is 17.4 Å². The average Bonchev–Trinajstić information content (AvgIpc) is 2.26. The van der Waals surface area contributed by atoms with Gasteiger partial charge < -0.3 is 4.90 Å². The van der Waals surface area contributed by atoms with E-state index in [2.05, 4.69) is 0 Å². The second-order valence-electron chi connectivity index (χ2n) is 4.46. The maximum atomic E-state index is 12.3. The number of rotatable bonds is 5. The summed E-state index contributed by atoms with van der Waals surface area (Å²) in [6.07, 6.45) is -3.73. The van der Waals surface area contributed by atoms with Gasteiger partial charge in [0.15, 0.2) is 0 Å². The van der Waals surface area contributed by atoms with E-state index in [9.17, 15) is 18.0 Å². The summed E-state index contributed by atoms with van der Waals surface area (Å²) < 4.78 is 37.0. The molecule has 0 atom stereocenters. The van der Waals surface area contributed by atoms with E-state index >= 15 is 0 Å². The lowest BCUT2D eigenvalue weighted by Crippen LogP contribution is -2.17. The zero-order valence-corrected chi connectivity index (χ0v) is 10.4. The number of hydrogen-bond acceptors (Lipinski definition) is 2. The van der Waals surface area contributed by atoms with Crippen molar-refractivity contribution in [1.82, 2.24) is 4.90 Å². The molecule has 1 rings (SSSR count). The van der Waals surface area contributed by atoms with Crippen LogP contribution >= 0.6 is 0 Å². The van der Waals surface area contributed by atoms with Crippen molar-refractivity contribution in [1.29, 1.82) is 0 Å². The maximum absolute atomic E-state index is 12.3. The lowest BCUT2D eigenvalue weighted by atomic mass is 10.0. The predicted molar refractivity (Wildman–Crippen MR) is 63.3 cm³/mol. The minimum absolute atomic E-state index is 0.0310. The summed E-state index contributed by atoms with van der Waals surface area (Å²) in [5.74, 6) is 0.0310. The Balaban J connectivity index is 2.56. The van der Waals surface area contributed by atoms with Crippen molar-refractivity contribution in [3.8, 4) is 0 Å². The average molecular weight is 259 g/mol. The highest BCUT2D eigenvalue weighted by Crippen LogP contribution is 2.29. The van der Waals surface area contributed by atoms with Gasteiger partial charge in [-0.15, -0.1) is 0 Å². The largest absolute Gasteiger partial charge is 0.416 e. The van der Waals surface area contributed by atoms with Crippen LogP contribution in [0.2, 0.25) is 0 Å². The van der Waals surface area contributed by atoms with E-state index in [1.54, 1.807) is 0 Å². The van der Waals surface area contributed by atoms with E-state index in [1.807, 2.05) is 19.0 Å². The van der Waals surface area contributed by atoms with Gasteiger partial charge in [0.1, 0.15) is 5.78 Å². The zero-order chi connectivity index (χ0) is 13.8. The highest BCUT2D eigenvalue weighted by Gasteiger charge is 2.29. The molecule has 0 bridgehead atoms. The van der Waals surface area contributed by atoms with Gasteiger partial charge >= 0.3 is 6.18 Å². The minimum atomic E-state index is -4.33. The topological polar surface area (TPSA) is 20.3 Å². The zero-order valence-electron chi connectivity index (χ0n) is 10.4. The Morgan fingerprint density at radius 1 is 1.17 bits per heavy atom. The Labute approximate surface area is 104 Å². The summed E-state index contributed by atoms with van der Waals surface area (Å²) in [5.41, 5.74) is -0.0706. The van der Waals surface area contributed by atoms with Crippen LogP contribution in [0.5, 0.6) is 0 Å². The smallest absolute Gasteiger partial charge is 0.309 e. The van der Waals surface area contributed by atoms with E-state index < -0.39 is 11.7 Å². The SMILES string of the molecule is CN(C)CCC(=O)Cc1ccc(C(F)(F)F)cc1. The Hall–Kier alpha value is -1.36. The van der Waals surface area contributed by atoms with Gasteiger partial charge in [0.2, 0.25) is 0 Å². The van der Waals surface area contributed by atoms with Gasteiger partial charge in [-0.1, -0.05) is 12.1 Å². The summed E-state index contributed by atoms with van der Waals surface area (Å²) >= 11 is 0. The molecular weight excluding hydrogens is 243 g/mol. The van der Waals surface area contributed by atoms with Crippen LogP contribution in [0.1, 0.15) is 17.5 Å². The van der Waals surface area contributed by atoms with Crippen molar-refractivity contribution in [2.75, 3.05) is 20.6 Å². The van der Waals surface area contributed by atoms with Gasteiger partial charge in [-0.25, -0.2) is 0 Å². The van der Waals surface area contributed by atoms with Crippen LogP contribution in [0.4, 0.5) is 13.2 Å². The molecule has 0 unspecified atom stereocenters.